The molecule has 0 saturated carbocycles. The summed E-state index contributed by atoms with van der Waals surface area (Å²) in [4.78, 5) is 11.6. The minimum atomic E-state index is -0.0769. The monoisotopic (exact) mass is 228 g/mol. The number of esters is 1. The van der Waals surface area contributed by atoms with Crippen molar-refractivity contribution in [2.24, 2.45) is 5.92 Å². The zero-order valence-electron chi connectivity index (χ0n) is 10.7. The van der Waals surface area contributed by atoms with Crippen molar-refractivity contribution < 1.29 is 14.3 Å². The van der Waals surface area contributed by atoms with Gasteiger partial charge in [-0.25, -0.2) is 0 Å². The normalized spacial score (nSPS) is 20.9. The second kappa shape index (κ2) is 6.89. The van der Waals surface area contributed by atoms with Crippen LogP contribution in [0.1, 0.15) is 52.9 Å². The van der Waals surface area contributed by atoms with E-state index in [1.165, 1.54) is 19.3 Å². The van der Waals surface area contributed by atoms with Crippen molar-refractivity contribution in [2.75, 3.05) is 6.61 Å². The van der Waals surface area contributed by atoms with Gasteiger partial charge in [0.15, 0.2) is 0 Å². The molecule has 0 spiro atoms. The van der Waals surface area contributed by atoms with Crippen LogP contribution in [0.25, 0.3) is 0 Å². The van der Waals surface area contributed by atoms with E-state index in [-0.39, 0.29) is 12.1 Å². The summed E-state index contributed by atoms with van der Waals surface area (Å²) in [6, 6.07) is 0. The molecule has 2 atom stereocenters. The third-order valence-corrected chi connectivity index (χ3v) is 2.86. The molecule has 0 bridgehead atoms. The van der Waals surface area contributed by atoms with Crippen LogP contribution in [-0.4, -0.2) is 24.8 Å². The smallest absolute Gasteiger partial charge is 0.306 e. The molecular formula is C13H24O3. The second-order valence-corrected chi connectivity index (χ2v) is 4.87. The van der Waals surface area contributed by atoms with Crippen LogP contribution in [0.5, 0.6) is 0 Å². The van der Waals surface area contributed by atoms with Crippen LogP contribution in [0, 0.1) is 5.92 Å². The highest BCUT2D eigenvalue weighted by Crippen LogP contribution is 2.28. The lowest BCUT2D eigenvalue weighted by Crippen LogP contribution is -2.19. The minimum Gasteiger partial charge on any atom is -0.463 e. The first-order valence-electron chi connectivity index (χ1n) is 6.44. The van der Waals surface area contributed by atoms with Gasteiger partial charge >= 0.3 is 5.97 Å². The maximum absolute atomic E-state index is 11.6. The van der Waals surface area contributed by atoms with E-state index in [9.17, 15) is 4.79 Å². The van der Waals surface area contributed by atoms with Gasteiger partial charge in [0.1, 0.15) is 0 Å². The maximum atomic E-state index is 11.6. The van der Waals surface area contributed by atoms with Crippen molar-refractivity contribution in [3.8, 4) is 0 Å². The van der Waals surface area contributed by atoms with Crippen LogP contribution in [0.15, 0.2) is 0 Å². The molecule has 0 amide bonds. The van der Waals surface area contributed by atoms with Gasteiger partial charge < -0.3 is 9.47 Å². The summed E-state index contributed by atoms with van der Waals surface area (Å²) in [6.45, 7) is 6.79. The van der Waals surface area contributed by atoms with Gasteiger partial charge in [-0.15, -0.1) is 0 Å². The Hall–Kier alpha value is -0.570. The molecule has 1 rings (SSSR count). The first-order chi connectivity index (χ1) is 7.63. The van der Waals surface area contributed by atoms with Gasteiger partial charge in [0.25, 0.3) is 0 Å². The molecule has 3 heteroatoms. The van der Waals surface area contributed by atoms with Crippen LogP contribution in [-0.2, 0) is 14.3 Å². The van der Waals surface area contributed by atoms with E-state index in [2.05, 4.69) is 6.92 Å². The van der Waals surface area contributed by atoms with Crippen molar-refractivity contribution in [1.29, 1.82) is 0 Å². The number of carbonyl (C=O) groups excluding carboxylic acids is 1. The average Bonchev–Trinajstić information content (AvgIpc) is 2.98. The fraction of sp³-hybridized carbons (Fsp3) is 0.923. The van der Waals surface area contributed by atoms with Gasteiger partial charge in [0.05, 0.1) is 25.2 Å². The minimum absolute atomic E-state index is 0.0103. The van der Waals surface area contributed by atoms with Gasteiger partial charge in [0.2, 0.25) is 0 Å². The van der Waals surface area contributed by atoms with E-state index in [1.54, 1.807) is 0 Å². The Morgan fingerprint density at radius 2 is 2.12 bits per heavy atom. The Morgan fingerprint density at radius 3 is 2.62 bits per heavy atom. The second-order valence-electron chi connectivity index (χ2n) is 4.87. The zero-order chi connectivity index (χ0) is 12.0. The molecule has 1 aliphatic heterocycles. The van der Waals surface area contributed by atoms with E-state index in [4.69, 9.17) is 9.47 Å². The summed E-state index contributed by atoms with van der Waals surface area (Å²) < 4.78 is 10.5. The van der Waals surface area contributed by atoms with Crippen LogP contribution in [0.4, 0.5) is 0 Å². The molecular weight excluding hydrogens is 204 g/mol. The van der Waals surface area contributed by atoms with Gasteiger partial charge in [-0.2, -0.15) is 0 Å². The molecule has 1 fully saturated rings. The number of epoxide rings is 1. The summed E-state index contributed by atoms with van der Waals surface area (Å²) in [7, 11) is 0. The quantitative estimate of drug-likeness (QED) is 0.364. The van der Waals surface area contributed by atoms with Crippen LogP contribution in [0.3, 0.4) is 0 Å². The Labute approximate surface area is 98.5 Å². The SMILES string of the molecule is CCCCC[C@@H](CC(=O)OC(C)C)[C@H]1CO1. The molecule has 1 aliphatic rings. The van der Waals surface area contributed by atoms with Crippen molar-refractivity contribution in [3.63, 3.8) is 0 Å². The van der Waals surface area contributed by atoms with Crippen molar-refractivity contribution >= 4 is 5.97 Å². The molecule has 1 saturated heterocycles. The molecule has 0 aromatic heterocycles. The molecule has 0 aromatic rings. The highest BCUT2D eigenvalue weighted by atomic mass is 16.6. The topological polar surface area (TPSA) is 38.8 Å². The highest BCUT2D eigenvalue weighted by Gasteiger charge is 2.34. The number of hydrogen-bond acceptors (Lipinski definition) is 3. The molecule has 0 unspecified atom stereocenters. The molecule has 0 N–H and O–H groups in total. The first kappa shape index (κ1) is 13.5. The predicted octanol–water partition coefficient (Wildman–Crippen LogP) is 2.92. The van der Waals surface area contributed by atoms with Gasteiger partial charge in [-0.3, -0.25) is 4.79 Å². The Kier molecular flexibility index (Phi) is 5.81. The number of carbonyl (C=O) groups is 1. The summed E-state index contributed by atoms with van der Waals surface area (Å²) in [5, 5.41) is 0. The Balaban J connectivity index is 2.24. The number of unbranched alkanes of at least 4 members (excludes halogenated alkanes) is 2. The van der Waals surface area contributed by atoms with E-state index in [1.807, 2.05) is 13.8 Å². The fourth-order valence-corrected chi connectivity index (χ4v) is 1.93. The third-order valence-electron chi connectivity index (χ3n) is 2.86. The molecule has 94 valence electrons. The van der Waals surface area contributed by atoms with E-state index in [0.717, 1.165) is 13.0 Å². The number of hydrogen-bond donors (Lipinski definition) is 0. The predicted molar refractivity (Wildman–Crippen MR) is 63.2 cm³/mol. The zero-order valence-corrected chi connectivity index (χ0v) is 10.7. The summed E-state index contributed by atoms with van der Waals surface area (Å²) >= 11 is 0. The van der Waals surface area contributed by atoms with Crippen LogP contribution < -0.4 is 0 Å². The molecule has 0 radical (unpaired) electrons. The Bertz CT molecular complexity index is 209. The van der Waals surface area contributed by atoms with Crippen molar-refractivity contribution in [3.05, 3.63) is 0 Å². The largest absolute Gasteiger partial charge is 0.463 e. The van der Waals surface area contributed by atoms with Gasteiger partial charge in [-0.1, -0.05) is 26.2 Å². The molecule has 3 nitrogen and oxygen atoms in total. The van der Waals surface area contributed by atoms with Crippen molar-refractivity contribution in [2.45, 2.75) is 65.1 Å². The molecule has 1 heterocycles. The standard InChI is InChI=1S/C13H24O3/c1-4-5-6-7-11(12-9-15-12)8-13(14)16-10(2)3/h10-12H,4-9H2,1-3H3/t11-,12+/m0/s1. The van der Waals surface area contributed by atoms with E-state index < -0.39 is 0 Å². The van der Waals surface area contributed by atoms with Crippen molar-refractivity contribution in [1.82, 2.24) is 0 Å². The lowest BCUT2D eigenvalue weighted by molar-refractivity contribution is -0.148. The molecule has 0 aliphatic carbocycles. The number of ether oxygens (including phenoxy) is 2. The van der Waals surface area contributed by atoms with E-state index in [0.29, 0.717) is 18.4 Å². The lowest BCUT2D eigenvalue weighted by atomic mass is 9.95. The average molecular weight is 228 g/mol. The van der Waals surface area contributed by atoms with Crippen LogP contribution >= 0.6 is 0 Å². The van der Waals surface area contributed by atoms with E-state index >= 15 is 0 Å². The molecule has 0 aromatic carbocycles. The maximum Gasteiger partial charge on any atom is 0.306 e. The highest BCUT2D eigenvalue weighted by molar-refractivity contribution is 5.70. The third kappa shape index (κ3) is 5.50. The van der Waals surface area contributed by atoms with Gasteiger partial charge in [0, 0.05) is 0 Å². The Morgan fingerprint density at radius 1 is 1.44 bits per heavy atom. The summed E-state index contributed by atoms with van der Waals surface area (Å²) in [5.74, 6) is 0.296. The number of rotatable bonds is 8. The molecule has 16 heavy (non-hydrogen) atoms. The fourth-order valence-electron chi connectivity index (χ4n) is 1.93. The summed E-state index contributed by atoms with van der Waals surface area (Å²) in [6.07, 6.45) is 5.56. The van der Waals surface area contributed by atoms with Crippen LogP contribution in [0.2, 0.25) is 0 Å². The first-order valence-corrected chi connectivity index (χ1v) is 6.44. The lowest BCUT2D eigenvalue weighted by Gasteiger charge is -2.14. The van der Waals surface area contributed by atoms with Gasteiger partial charge in [-0.05, 0) is 26.2 Å². The summed E-state index contributed by atoms with van der Waals surface area (Å²) in [5.41, 5.74) is 0.